The second-order valence-electron chi connectivity index (χ2n) is 7.50. The molecule has 0 spiro atoms. The van der Waals surface area contributed by atoms with Gasteiger partial charge < -0.3 is 0 Å². The van der Waals surface area contributed by atoms with Crippen LogP contribution in [0.1, 0.15) is 16.8 Å². The fourth-order valence-electron chi connectivity index (χ4n) is 3.66. The van der Waals surface area contributed by atoms with E-state index in [2.05, 4.69) is 15.1 Å². The van der Waals surface area contributed by atoms with E-state index in [9.17, 15) is 26.3 Å². The quantitative estimate of drug-likeness (QED) is 0.222. The van der Waals surface area contributed by atoms with E-state index < -0.39 is 23.6 Å². The number of fused-ring (bicyclic) bond motifs is 3. The highest BCUT2D eigenvalue weighted by Gasteiger charge is 2.33. The van der Waals surface area contributed by atoms with Crippen molar-refractivity contribution in [3.8, 4) is 5.82 Å². The molecule has 2 aromatic carbocycles. The number of aryl methyl sites for hydroxylation is 1. The number of nitrogens with zero attached hydrogens (tertiary/aromatic N) is 4. The van der Waals surface area contributed by atoms with Crippen LogP contribution in [-0.4, -0.2) is 24.7 Å². The lowest BCUT2D eigenvalue weighted by molar-refractivity contribution is -0.141. The van der Waals surface area contributed by atoms with Gasteiger partial charge in [-0.1, -0.05) is 11.6 Å². The number of halogens is 6. The molecule has 0 radical (unpaired) electrons. The van der Waals surface area contributed by atoms with Crippen molar-refractivity contribution in [2.45, 2.75) is 29.5 Å². The zero-order valence-electron chi connectivity index (χ0n) is 17.2. The molecule has 5 rings (SSSR count). The highest BCUT2D eigenvalue weighted by molar-refractivity contribution is 7.99. The number of H-pyrrole nitrogens is 1. The van der Waals surface area contributed by atoms with Gasteiger partial charge in [-0.2, -0.15) is 31.4 Å². The normalized spacial score (nSPS) is 12.7. The van der Waals surface area contributed by atoms with E-state index in [1.807, 2.05) is 18.1 Å². The van der Waals surface area contributed by atoms with Crippen LogP contribution in [0.4, 0.5) is 26.3 Å². The molecule has 5 nitrogen and oxygen atoms in total. The summed E-state index contributed by atoms with van der Waals surface area (Å²) in [5.41, 5.74) is 0.251. The molecule has 0 bridgehead atoms. The molecule has 0 aliphatic heterocycles. The first-order valence-corrected chi connectivity index (χ1v) is 10.6. The number of aromatic nitrogens is 5. The third-order valence-corrected chi connectivity index (χ3v) is 5.95. The Balaban J connectivity index is 1.63. The Morgan fingerprint density at radius 1 is 0.853 bits per heavy atom. The van der Waals surface area contributed by atoms with Crippen LogP contribution in [-0.2, 0) is 12.4 Å². The summed E-state index contributed by atoms with van der Waals surface area (Å²) in [5, 5.41) is 6.75. The van der Waals surface area contributed by atoms with Crippen molar-refractivity contribution in [1.82, 2.24) is 24.7 Å². The summed E-state index contributed by atoms with van der Waals surface area (Å²) in [6.07, 6.45) is -7.63. The van der Waals surface area contributed by atoms with Gasteiger partial charge in [0.1, 0.15) is 16.5 Å². The maximum atomic E-state index is 13.4. The van der Waals surface area contributed by atoms with Gasteiger partial charge in [0.2, 0.25) is 0 Å². The van der Waals surface area contributed by atoms with Gasteiger partial charge in [-0.05, 0) is 55.1 Å². The van der Waals surface area contributed by atoms with Gasteiger partial charge >= 0.3 is 12.4 Å². The Bertz CT molecular complexity index is 1530. The minimum absolute atomic E-state index is 0.0251. The largest absolute Gasteiger partial charge is 0.432 e. The lowest BCUT2D eigenvalue weighted by Gasteiger charge is -2.09. The molecule has 0 unspecified atom stereocenters. The molecule has 0 fully saturated rings. The predicted octanol–water partition coefficient (Wildman–Crippen LogP) is 6.79. The van der Waals surface area contributed by atoms with Crippen LogP contribution in [0.5, 0.6) is 0 Å². The summed E-state index contributed by atoms with van der Waals surface area (Å²) in [5.74, 6) is 0.354. The van der Waals surface area contributed by atoms with Crippen LogP contribution in [0.15, 0.2) is 64.9 Å². The third kappa shape index (κ3) is 3.98. The smallest absolute Gasteiger partial charge is 0.294 e. The van der Waals surface area contributed by atoms with Crippen molar-refractivity contribution in [1.29, 1.82) is 0 Å². The zero-order chi connectivity index (χ0) is 24.3. The van der Waals surface area contributed by atoms with Gasteiger partial charge in [0.15, 0.2) is 5.16 Å². The van der Waals surface area contributed by atoms with Gasteiger partial charge in [0.05, 0.1) is 16.6 Å². The number of hydrogen-bond donors (Lipinski definition) is 1. The van der Waals surface area contributed by atoms with E-state index in [4.69, 9.17) is 0 Å². The van der Waals surface area contributed by atoms with E-state index >= 15 is 0 Å². The highest BCUT2D eigenvalue weighted by atomic mass is 32.2. The maximum Gasteiger partial charge on any atom is 0.432 e. The van der Waals surface area contributed by atoms with Crippen LogP contribution in [0.25, 0.3) is 27.6 Å². The van der Waals surface area contributed by atoms with E-state index in [0.29, 0.717) is 27.6 Å². The molecule has 0 saturated heterocycles. The van der Waals surface area contributed by atoms with E-state index in [1.165, 1.54) is 12.3 Å². The molecule has 34 heavy (non-hydrogen) atoms. The first kappa shape index (κ1) is 22.3. The summed E-state index contributed by atoms with van der Waals surface area (Å²) in [6.45, 7) is 1.84. The second kappa shape index (κ2) is 7.76. The first-order valence-electron chi connectivity index (χ1n) is 9.76. The monoisotopic (exact) mass is 493 g/mol. The van der Waals surface area contributed by atoms with Crippen LogP contribution in [0, 0.1) is 6.92 Å². The maximum absolute atomic E-state index is 13.4. The molecule has 0 aliphatic rings. The molecule has 3 heterocycles. The standard InChI is InChI=1S/C22H13F6N5S/c1-11-2-4-15-13(8-11)14-9-12(21(23,24)25)3-5-16(14)33(15)18-6-7-29-20(30-18)34-19-10-17(31-32-19)22(26,27)28/h2-10H,1H3,(H,31,32). The SMILES string of the molecule is Cc1ccc2c(c1)c1cc(C(F)(F)F)ccc1n2-c1ccnc(Sc2cc(C(F)(F)F)[nH]n2)n1. The van der Waals surface area contributed by atoms with Gasteiger partial charge in [-0.25, -0.2) is 9.97 Å². The minimum atomic E-state index is -4.56. The topological polar surface area (TPSA) is 59.4 Å². The molecule has 0 saturated carbocycles. The van der Waals surface area contributed by atoms with Crippen molar-refractivity contribution in [2.75, 3.05) is 0 Å². The van der Waals surface area contributed by atoms with Crippen molar-refractivity contribution in [2.24, 2.45) is 0 Å². The van der Waals surface area contributed by atoms with E-state index in [-0.39, 0.29) is 10.2 Å². The molecule has 3 aromatic heterocycles. The van der Waals surface area contributed by atoms with Gasteiger partial charge in [0.25, 0.3) is 0 Å². The summed E-state index contributed by atoms with van der Waals surface area (Å²) < 4.78 is 80.2. The molecule has 5 aromatic rings. The summed E-state index contributed by atoms with van der Waals surface area (Å²) >= 11 is 0.828. The summed E-state index contributed by atoms with van der Waals surface area (Å²) in [6, 6.07) is 11.3. The molecule has 12 heteroatoms. The van der Waals surface area contributed by atoms with Crippen LogP contribution >= 0.6 is 11.8 Å². The Labute approximate surface area is 191 Å². The number of hydrogen-bond acceptors (Lipinski definition) is 4. The zero-order valence-corrected chi connectivity index (χ0v) is 18.0. The average molecular weight is 493 g/mol. The lowest BCUT2D eigenvalue weighted by atomic mass is 10.1. The van der Waals surface area contributed by atoms with E-state index in [1.54, 1.807) is 22.8 Å². The molecular weight excluding hydrogens is 480 g/mol. The third-order valence-electron chi connectivity index (χ3n) is 5.15. The van der Waals surface area contributed by atoms with E-state index in [0.717, 1.165) is 35.5 Å². The number of benzene rings is 2. The Hall–Kier alpha value is -3.54. The van der Waals surface area contributed by atoms with Gasteiger partial charge in [0, 0.05) is 23.0 Å². The Morgan fingerprint density at radius 2 is 1.56 bits per heavy atom. The highest BCUT2D eigenvalue weighted by Crippen LogP contribution is 2.37. The molecule has 0 aliphatic carbocycles. The summed E-state index contributed by atoms with van der Waals surface area (Å²) in [4.78, 5) is 8.52. The molecular formula is C22H13F6N5S. The average Bonchev–Trinajstić information content (AvgIpc) is 3.35. The number of aromatic amines is 1. The summed E-state index contributed by atoms with van der Waals surface area (Å²) in [7, 11) is 0. The fourth-order valence-corrected chi connectivity index (χ4v) is 4.37. The Morgan fingerprint density at radius 3 is 2.24 bits per heavy atom. The first-order chi connectivity index (χ1) is 16.0. The second-order valence-corrected chi connectivity index (χ2v) is 8.49. The molecule has 1 N–H and O–H groups in total. The predicted molar refractivity (Wildman–Crippen MR) is 114 cm³/mol. The lowest BCUT2D eigenvalue weighted by Crippen LogP contribution is -2.04. The number of rotatable bonds is 3. The van der Waals surface area contributed by atoms with Crippen molar-refractivity contribution in [3.05, 3.63) is 71.5 Å². The van der Waals surface area contributed by atoms with Gasteiger partial charge in [-0.3, -0.25) is 9.67 Å². The molecule has 174 valence electrons. The van der Waals surface area contributed by atoms with Gasteiger partial charge in [-0.15, -0.1) is 0 Å². The van der Waals surface area contributed by atoms with Crippen LogP contribution < -0.4 is 0 Å². The van der Waals surface area contributed by atoms with Crippen molar-refractivity contribution >= 4 is 33.6 Å². The van der Waals surface area contributed by atoms with Crippen LogP contribution in [0.2, 0.25) is 0 Å². The minimum Gasteiger partial charge on any atom is -0.294 e. The van der Waals surface area contributed by atoms with Crippen molar-refractivity contribution in [3.63, 3.8) is 0 Å². The number of alkyl halides is 6. The molecule has 0 amide bonds. The van der Waals surface area contributed by atoms with Crippen molar-refractivity contribution < 1.29 is 26.3 Å². The van der Waals surface area contributed by atoms with Crippen LogP contribution in [0.3, 0.4) is 0 Å². The molecule has 0 atom stereocenters. The number of nitrogens with one attached hydrogen (secondary N) is 1. The Kier molecular flexibility index (Phi) is 5.08. The fraction of sp³-hybridized carbons (Fsp3) is 0.136.